The zero-order chi connectivity index (χ0) is 9.30. The predicted molar refractivity (Wildman–Crippen MR) is 44.2 cm³/mol. The molecule has 1 aromatic rings. The molecular weight excluding hydrogens is 230 g/mol. The van der Waals surface area contributed by atoms with Crippen LogP contribution in [0.4, 0.5) is 11.5 Å². The fourth-order valence-electron chi connectivity index (χ4n) is 0.636. The fraction of sp³-hybridized carbons (Fsp3) is 0. The lowest BCUT2D eigenvalue weighted by molar-refractivity contribution is -0.595. The van der Waals surface area contributed by atoms with Crippen molar-refractivity contribution in [1.29, 1.82) is 0 Å². The molecule has 0 fully saturated rings. The summed E-state index contributed by atoms with van der Waals surface area (Å²) in [5.41, 5.74) is 4.93. The molecule has 2 N–H and O–H groups in total. The lowest BCUT2D eigenvalue weighted by Crippen LogP contribution is -2.30. The van der Waals surface area contributed by atoms with Crippen molar-refractivity contribution in [3.05, 3.63) is 32.1 Å². The quantitative estimate of drug-likeness (QED) is 0.332. The Kier molecular flexibility index (Phi) is 2.13. The number of nitrogens with two attached hydrogens (primary N) is 1. The number of aromatic nitrogens is 1. The average Bonchev–Trinajstić information content (AvgIpc) is 1.99. The van der Waals surface area contributed by atoms with Crippen molar-refractivity contribution in [3.63, 3.8) is 0 Å². The maximum Gasteiger partial charge on any atom is 0.309 e. The Morgan fingerprint density at radius 1 is 1.67 bits per heavy atom. The van der Waals surface area contributed by atoms with Crippen LogP contribution in [0.25, 0.3) is 0 Å². The third-order valence-electron chi connectivity index (χ3n) is 1.22. The Hall–Kier alpha value is -1.37. The summed E-state index contributed by atoms with van der Waals surface area (Å²) in [5.74, 6) is -0.0967. The normalized spacial score (nSPS) is 9.75. The van der Waals surface area contributed by atoms with Crippen molar-refractivity contribution in [2.75, 3.05) is 5.73 Å². The van der Waals surface area contributed by atoms with Crippen LogP contribution in [0, 0.1) is 15.3 Å². The minimum atomic E-state index is -0.668. The van der Waals surface area contributed by atoms with Crippen molar-refractivity contribution >= 4 is 27.4 Å². The van der Waals surface area contributed by atoms with Crippen LogP contribution in [0.3, 0.4) is 0 Å². The van der Waals surface area contributed by atoms with Gasteiger partial charge < -0.3 is 5.21 Å². The van der Waals surface area contributed by atoms with Crippen molar-refractivity contribution in [2.45, 2.75) is 0 Å². The highest BCUT2D eigenvalue weighted by Crippen LogP contribution is 2.20. The first-order valence-corrected chi connectivity index (χ1v) is 3.64. The van der Waals surface area contributed by atoms with Crippen molar-refractivity contribution in [1.82, 2.24) is 0 Å². The van der Waals surface area contributed by atoms with E-state index < -0.39 is 4.92 Å². The molecule has 12 heavy (non-hydrogen) atoms. The molecule has 0 aliphatic heterocycles. The van der Waals surface area contributed by atoms with E-state index in [1.165, 1.54) is 6.07 Å². The zero-order valence-corrected chi connectivity index (χ0v) is 7.32. The van der Waals surface area contributed by atoms with Crippen LogP contribution in [0.5, 0.6) is 0 Å². The molecule has 0 bridgehead atoms. The number of pyridine rings is 1. The minimum absolute atomic E-state index is 0.0967. The first-order valence-electron chi connectivity index (χ1n) is 2.85. The van der Waals surface area contributed by atoms with Crippen LogP contribution in [0.2, 0.25) is 0 Å². The fourth-order valence-corrected chi connectivity index (χ4v) is 1.05. The first kappa shape index (κ1) is 8.72. The number of hydrogen-bond donors (Lipinski definition) is 1. The van der Waals surface area contributed by atoms with E-state index in [0.717, 1.165) is 6.20 Å². The van der Waals surface area contributed by atoms with Gasteiger partial charge in [-0.15, -0.1) is 0 Å². The van der Waals surface area contributed by atoms with E-state index in [2.05, 4.69) is 15.9 Å². The van der Waals surface area contributed by atoms with E-state index in [1.54, 1.807) is 0 Å². The van der Waals surface area contributed by atoms with E-state index in [0.29, 0.717) is 0 Å². The molecule has 0 atom stereocenters. The maximum atomic E-state index is 10.8. The van der Waals surface area contributed by atoms with Crippen LogP contribution in [-0.4, -0.2) is 4.92 Å². The monoisotopic (exact) mass is 233 g/mol. The van der Waals surface area contributed by atoms with E-state index in [-0.39, 0.29) is 20.7 Å². The highest BCUT2D eigenvalue weighted by atomic mass is 79.9. The van der Waals surface area contributed by atoms with E-state index in [9.17, 15) is 15.3 Å². The number of halogens is 1. The van der Waals surface area contributed by atoms with Crippen molar-refractivity contribution in [2.24, 2.45) is 0 Å². The van der Waals surface area contributed by atoms with E-state index in [1.807, 2.05) is 0 Å². The van der Waals surface area contributed by atoms with Gasteiger partial charge in [-0.05, 0) is 15.9 Å². The molecule has 6 nitrogen and oxygen atoms in total. The molecule has 1 heterocycles. The molecule has 0 aliphatic carbocycles. The van der Waals surface area contributed by atoms with Gasteiger partial charge in [0.2, 0.25) is 0 Å². The lowest BCUT2D eigenvalue weighted by Gasteiger charge is -2.04. The summed E-state index contributed by atoms with van der Waals surface area (Å²) in [6.07, 6.45) is 0.806. The Balaban J connectivity index is 3.31. The Morgan fingerprint density at radius 2 is 2.25 bits per heavy atom. The summed E-state index contributed by atoms with van der Waals surface area (Å²) in [5, 5.41) is 21.0. The molecule has 0 saturated heterocycles. The minimum Gasteiger partial charge on any atom is -0.710 e. The largest absolute Gasteiger partial charge is 0.710 e. The van der Waals surface area contributed by atoms with Crippen molar-refractivity contribution < 1.29 is 9.65 Å². The molecule has 7 heteroatoms. The number of anilines is 1. The summed E-state index contributed by atoms with van der Waals surface area (Å²) >= 11 is 2.91. The summed E-state index contributed by atoms with van der Waals surface area (Å²) in [7, 11) is 0. The maximum absolute atomic E-state index is 10.8. The van der Waals surface area contributed by atoms with Gasteiger partial charge in [-0.25, -0.2) is 4.73 Å². The Labute approximate surface area is 75.5 Å². The van der Waals surface area contributed by atoms with Gasteiger partial charge in [-0.1, -0.05) is 0 Å². The van der Waals surface area contributed by atoms with E-state index in [4.69, 9.17) is 5.73 Å². The van der Waals surface area contributed by atoms with Crippen LogP contribution in [-0.2, 0) is 0 Å². The van der Waals surface area contributed by atoms with Gasteiger partial charge in [0.25, 0.3) is 5.82 Å². The third-order valence-corrected chi connectivity index (χ3v) is 1.85. The van der Waals surface area contributed by atoms with Gasteiger partial charge in [-0.2, -0.15) is 0 Å². The lowest BCUT2D eigenvalue weighted by atomic mass is 10.4. The number of nitrogens with zero attached hydrogens (tertiary/aromatic N) is 2. The Morgan fingerprint density at radius 3 is 2.67 bits per heavy atom. The molecule has 0 unspecified atom stereocenters. The number of hydrogen-bond acceptors (Lipinski definition) is 4. The van der Waals surface area contributed by atoms with Gasteiger partial charge >= 0.3 is 5.69 Å². The van der Waals surface area contributed by atoms with Gasteiger partial charge in [0.15, 0.2) is 6.20 Å². The second-order valence-corrected chi connectivity index (χ2v) is 2.87. The number of nitrogen functional groups attached to an aromatic ring is 1. The summed E-state index contributed by atoms with van der Waals surface area (Å²) in [6, 6.07) is 1.17. The molecule has 0 spiro atoms. The molecule has 0 aromatic carbocycles. The average molecular weight is 234 g/mol. The molecule has 0 radical (unpaired) electrons. The SMILES string of the molecule is Nc1c(Br)cc([N+](=O)[O-])c[n+]1[O-]. The van der Waals surface area contributed by atoms with Crippen LogP contribution < -0.4 is 10.5 Å². The van der Waals surface area contributed by atoms with Crippen molar-refractivity contribution in [3.8, 4) is 0 Å². The smallest absolute Gasteiger partial charge is 0.309 e. The predicted octanol–water partition coefficient (Wildman–Crippen LogP) is 0.573. The van der Waals surface area contributed by atoms with E-state index >= 15 is 0 Å². The van der Waals surface area contributed by atoms with Crippen LogP contribution in [0.1, 0.15) is 0 Å². The molecule has 0 amide bonds. The van der Waals surface area contributed by atoms with Gasteiger partial charge in [0.1, 0.15) is 4.47 Å². The molecular formula is C5H4BrN3O3. The molecule has 0 saturated carbocycles. The third kappa shape index (κ3) is 1.45. The second kappa shape index (κ2) is 2.94. The molecule has 1 rings (SSSR count). The van der Waals surface area contributed by atoms with Crippen LogP contribution in [0.15, 0.2) is 16.7 Å². The van der Waals surface area contributed by atoms with Gasteiger partial charge in [0, 0.05) is 6.07 Å². The summed E-state index contributed by atoms with van der Waals surface area (Å²) < 4.78 is 0.453. The number of nitro groups is 1. The molecule has 64 valence electrons. The Bertz CT molecular complexity index is 318. The molecule has 0 aliphatic rings. The second-order valence-electron chi connectivity index (χ2n) is 2.01. The van der Waals surface area contributed by atoms with Crippen LogP contribution >= 0.6 is 15.9 Å². The van der Waals surface area contributed by atoms with Gasteiger partial charge in [-0.3, -0.25) is 15.8 Å². The topological polar surface area (TPSA) is 96.1 Å². The summed E-state index contributed by atoms with van der Waals surface area (Å²) in [4.78, 5) is 9.54. The van der Waals surface area contributed by atoms with Gasteiger partial charge in [0.05, 0.1) is 4.92 Å². The molecule has 1 aromatic heterocycles. The highest BCUT2D eigenvalue weighted by molar-refractivity contribution is 9.10. The highest BCUT2D eigenvalue weighted by Gasteiger charge is 2.13. The standard InChI is InChI=1S/C5H4BrN3O3/c6-4-1-3(9(11)12)2-8(10)5(4)7/h1-2H,7H2. The first-order chi connectivity index (χ1) is 5.52. The number of rotatable bonds is 1. The zero-order valence-electron chi connectivity index (χ0n) is 5.73. The summed E-state index contributed by atoms with van der Waals surface area (Å²) in [6.45, 7) is 0.